The smallest absolute Gasteiger partial charge is 0.319 e. The van der Waals surface area contributed by atoms with E-state index in [-0.39, 0.29) is 12.1 Å². The number of hydrogen-bond acceptors (Lipinski definition) is 3. The van der Waals surface area contributed by atoms with Crippen molar-refractivity contribution in [3.05, 3.63) is 65.2 Å². The molecule has 2 aromatic carbocycles. The van der Waals surface area contributed by atoms with Gasteiger partial charge in [0.1, 0.15) is 0 Å². The van der Waals surface area contributed by atoms with Crippen molar-refractivity contribution >= 4 is 23.3 Å². The summed E-state index contributed by atoms with van der Waals surface area (Å²) in [5.41, 5.74) is 1.87. The van der Waals surface area contributed by atoms with Crippen molar-refractivity contribution < 1.29 is 4.79 Å². The summed E-state index contributed by atoms with van der Waals surface area (Å²) in [6.45, 7) is 4.84. The number of nitrogens with zero attached hydrogens (tertiary/aromatic N) is 2. The van der Waals surface area contributed by atoms with Gasteiger partial charge >= 0.3 is 6.03 Å². The molecule has 0 spiro atoms. The predicted octanol–water partition coefficient (Wildman–Crippen LogP) is 5.15. The van der Waals surface area contributed by atoms with E-state index in [2.05, 4.69) is 44.7 Å². The van der Waals surface area contributed by atoms with Gasteiger partial charge in [0.2, 0.25) is 0 Å². The topological polar surface area (TPSA) is 47.6 Å². The third-order valence-corrected chi connectivity index (χ3v) is 6.97. The second-order valence-corrected chi connectivity index (χ2v) is 9.01. The molecule has 2 amide bonds. The molecule has 31 heavy (non-hydrogen) atoms. The van der Waals surface area contributed by atoms with Gasteiger partial charge in [-0.2, -0.15) is 0 Å². The summed E-state index contributed by atoms with van der Waals surface area (Å²) in [6.07, 6.45) is 6.86. The molecule has 1 atom stereocenters. The molecule has 166 valence electrons. The molecule has 2 fully saturated rings. The second kappa shape index (κ2) is 11.0. The van der Waals surface area contributed by atoms with Crippen LogP contribution in [0.4, 0.5) is 10.5 Å². The second-order valence-electron chi connectivity index (χ2n) is 8.61. The van der Waals surface area contributed by atoms with Crippen LogP contribution in [0, 0.1) is 0 Å². The highest BCUT2D eigenvalue weighted by Crippen LogP contribution is 2.27. The maximum absolute atomic E-state index is 12.5. The molecular formula is C25H33ClN4O. The van der Waals surface area contributed by atoms with E-state index in [9.17, 15) is 4.79 Å². The van der Waals surface area contributed by atoms with Gasteiger partial charge in [0.25, 0.3) is 0 Å². The van der Waals surface area contributed by atoms with Crippen molar-refractivity contribution in [3.63, 3.8) is 0 Å². The van der Waals surface area contributed by atoms with Gasteiger partial charge in [-0.3, -0.25) is 9.80 Å². The monoisotopic (exact) mass is 440 g/mol. The highest BCUT2D eigenvalue weighted by atomic mass is 35.5. The fourth-order valence-electron chi connectivity index (χ4n) is 4.91. The van der Waals surface area contributed by atoms with Gasteiger partial charge in [-0.25, -0.2) is 4.79 Å². The van der Waals surface area contributed by atoms with Gasteiger partial charge in [0.05, 0.1) is 16.8 Å². The third kappa shape index (κ3) is 6.00. The van der Waals surface area contributed by atoms with E-state index in [1.165, 1.54) is 37.7 Å². The van der Waals surface area contributed by atoms with Gasteiger partial charge in [0, 0.05) is 38.8 Å². The minimum Gasteiger partial charge on any atom is -0.336 e. The number of rotatable bonds is 6. The van der Waals surface area contributed by atoms with Crippen LogP contribution in [0.5, 0.6) is 0 Å². The van der Waals surface area contributed by atoms with Crippen LogP contribution in [0.2, 0.25) is 5.02 Å². The van der Waals surface area contributed by atoms with Crippen LogP contribution in [0.25, 0.3) is 0 Å². The number of urea groups is 1. The van der Waals surface area contributed by atoms with Gasteiger partial charge < -0.3 is 10.6 Å². The van der Waals surface area contributed by atoms with E-state index in [0.29, 0.717) is 17.3 Å². The molecular weight excluding hydrogens is 408 g/mol. The highest BCUT2D eigenvalue weighted by molar-refractivity contribution is 6.33. The van der Waals surface area contributed by atoms with Crippen LogP contribution in [0.15, 0.2) is 54.6 Å². The van der Waals surface area contributed by atoms with Crippen LogP contribution in [-0.4, -0.2) is 54.6 Å². The van der Waals surface area contributed by atoms with Crippen molar-refractivity contribution in [2.75, 3.05) is 38.0 Å². The lowest BCUT2D eigenvalue weighted by molar-refractivity contribution is 0.0565. The maximum Gasteiger partial charge on any atom is 0.319 e. The summed E-state index contributed by atoms with van der Waals surface area (Å²) >= 11 is 6.17. The molecule has 0 aromatic heterocycles. The largest absolute Gasteiger partial charge is 0.336 e. The number of anilines is 1. The molecule has 1 heterocycles. The first kappa shape index (κ1) is 22.1. The van der Waals surface area contributed by atoms with Gasteiger partial charge in [-0.1, -0.05) is 73.3 Å². The molecule has 1 aliphatic heterocycles. The zero-order valence-electron chi connectivity index (χ0n) is 18.1. The summed E-state index contributed by atoms with van der Waals surface area (Å²) in [6, 6.07) is 18.5. The van der Waals surface area contributed by atoms with Crippen molar-refractivity contribution in [3.8, 4) is 0 Å². The van der Waals surface area contributed by atoms with Gasteiger partial charge in [-0.15, -0.1) is 0 Å². The summed E-state index contributed by atoms with van der Waals surface area (Å²) < 4.78 is 0. The van der Waals surface area contributed by atoms with Crippen molar-refractivity contribution in [2.45, 2.75) is 44.2 Å². The maximum atomic E-state index is 12.5. The molecule has 6 heteroatoms. The molecule has 1 saturated heterocycles. The Hall–Kier alpha value is -2.08. The number of carbonyl (C=O) groups excluding carboxylic acids is 1. The Balaban J connectivity index is 1.36. The van der Waals surface area contributed by atoms with E-state index in [4.69, 9.17) is 11.6 Å². The van der Waals surface area contributed by atoms with Crippen LogP contribution in [-0.2, 0) is 0 Å². The lowest BCUT2D eigenvalue weighted by Gasteiger charge is -2.43. The molecule has 0 bridgehead atoms. The molecule has 1 saturated carbocycles. The molecule has 0 radical (unpaired) electrons. The van der Waals surface area contributed by atoms with Crippen molar-refractivity contribution in [2.24, 2.45) is 0 Å². The Bertz CT molecular complexity index is 832. The van der Waals surface area contributed by atoms with Crippen LogP contribution >= 0.6 is 11.6 Å². The molecule has 5 nitrogen and oxygen atoms in total. The summed E-state index contributed by atoms with van der Waals surface area (Å²) in [5.74, 6) is 0. The van der Waals surface area contributed by atoms with Crippen molar-refractivity contribution in [1.82, 2.24) is 15.1 Å². The Kier molecular flexibility index (Phi) is 7.84. The number of piperazine rings is 1. The van der Waals surface area contributed by atoms with Gasteiger partial charge in [-0.05, 0) is 30.5 Å². The van der Waals surface area contributed by atoms with Crippen LogP contribution in [0.1, 0.15) is 43.7 Å². The molecule has 1 aliphatic carbocycles. The standard InChI is InChI=1S/C25H33ClN4O/c26-22-13-7-8-14-23(22)28-25(31)27-19-24(20-9-3-1-4-10-20)30-17-15-29(16-18-30)21-11-5-2-6-12-21/h1,3-4,7-10,13-14,21,24H,2,5-6,11-12,15-19H2,(H2,27,28,31). The average molecular weight is 441 g/mol. The van der Waals surface area contributed by atoms with Crippen LogP contribution < -0.4 is 10.6 Å². The lowest BCUT2D eigenvalue weighted by atomic mass is 9.93. The third-order valence-electron chi connectivity index (χ3n) is 6.64. The van der Waals surface area contributed by atoms with Gasteiger partial charge in [0.15, 0.2) is 0 Å². The number of amides is 2. The Morgan fingerprint density at radius 2 is 1.61 bits per heavy atom. The lowest BCUT2D eigenvalue weighted by Crippen LogP contribution is -2.53. The minimum absolute atomic E-state index is 0.159. The number of para-hydroxylation sites is 1. The first-order valence-corrected chi connectivity index (χ1v) is 11.9. The molecule has 4 rings (SSSR count). The van der Waals surface area contributed by atoms with E-state index >= 15 is 0 Å². The number of carbonyl (C=O) groups is 1. The highest BCUT2D eigenvalue weighted by Gasteiger charge is 2.29. The van der Waals surface area contributed by atoms with E-state index < -0.39 is 0 Å². The SMILES string of the molecule is O=C(NCC(c1ccccc1)N1CCN(C2CCCCC2)CC1)Nc1ccccc1Cl. The Morgan fingerprint density at radius 1 is 0.935 bits per heavy atom. The molecule has 2 aromatic rings. The fraction of sp³-hybridized carbons (Fsp3) is 0.480. The quantitative estimate of drug-likeness (QED) is 0.652. The number of halogens is 1. The number of nitrogens with one attached hydrogen (secondary N) is 2. The molecule has 2 N–H and O–H groups in total. The van der Waals surface area contributed by atoms with E-state index in [0.717, 1.165) is 32.2 Å². The first-order valence-electron chi connectivity index (χ1n) is 11.5. The number of hydrogen-bond donors (Lipinski definition) is 2. The predicted molar refractivity (Wildman–Crippen MR) is 128 cm³/mol. The minimum atomic E-state index is -0.227. The van der Waals surface area contributed by atoms with Crippen LogP contribution in [0.3, 0.4) is 0 Å². The zero-order chi connectivity index (χ0) is 21.5. The molecule has 2 aliphatic rings. The fourth-order valence-corrected chi connectivity index (χ4v) is 5.09. The number of benzene rings is 2. The van der Waals surface area contributed by atoms with Crippen molar-refractivity contribution in [1.29, 1.82) is 0 Å². The van der Waals surface area contributed by atoms with E-state index in [1.54, 1.807) is 12.1 Å². The normalized spacial score (nSPS) is 19.6. The average Bonchev–Trinajstić information content (AvgIpc) is 2.82. The summed E-state index contributed by atoms with van der Waals surface area (Å²) in [4.78, 5) is 17.7. The zero-order valence-corrected chi connectivity index (χ0v) is 18.9. The Morgan fingerprint density at radius 3 is 2.32 bits per heavy atom. The summed E-state index contributed by atoms with van der Waals surface area (Å²) in [7, 11) is 0. The first-order chi connectivity index (χ1) is 15.2. The molecule has 1 unspecified atom stereocenters. The summed E-state index contributed by atoms with van der Waals surface area (Å²) in [5, 5.41) is 6.46. The Labute approximate surface area is 190 Å². The van der Waals surface area contributed by atoms with E-state index in [1.807, 2.05) is 18.2 Å².